The van der Waals surface area contributed by atoms with Crippen LogP contribution < -0.4 is 0 Å². The summed E-state index contributed by atoms with van der Waals surface area (Å²) < 4.78 is 9.98. The fourth-order valence-electron chi connectivity index (χ4n) is 8.38. The highest BCUT2D eigenvalue weighted by Gasteiger charge is 2.39. The molecular formula is C47H48N6O2. The average Bonchev–Trinajstić information content (AvgIpc) is 3.83. The van der Waals surface area contributed by atoms with E-state index < -0.39 is 17.2 Å². The zero-order chi connectivity index (χ0) is 37.8. The van der Waals surface area contributed by atoms with E-state index in [2.05, 4.69) is 113 Å². The number of aryl methyl sites for hydroxylation is 2. The van der Waals surface area contributed by atoms with Gasteiger partial charge >= 0.3 is 6.09 Å². The van der Waals surface area contributed by atoms with Crippen LogP contribution in [0.1, 0.15) is 85.7 Å². The fraction of sp³-hybridized carbons (Fsp3) is 0.277. The minimum Gasteiger partial charge on any atom is -0.443 e. The van der Waals surface area contributed by atoms with E-state index >= 15 is 0 Å². The first-order valence-corrected chi connectivity index (χ1v) is 19.4. The summed E-state index contributed by atoms with van der Waals surface area (Å²) in [5.41, 5.74) is 6.13. The Morgan fingerprint density at radius 2 is 1.40 bits per heavy atom. The number of hydrogen-bond donors (Lipinski definition) is 0. The number of carbonyl (C=O) groups is 1. The number of imidazole rings is 2. The molecule has 0 radical (unpaired) electrons. The van der Waals surface area contributed by atoms with Gasteiger partial charge in [0, 0.05) is 25.0 Å². The number of benzene rings is 4. The number of aromatic nitrogens is 5. The first kappa shape index (κ1) is 36.1. The van der Waals surface area contributed by atoms with Gasteiger partial charge in [0.1, 0.15) is 22.8 Å². The van der Waals surface area contributed by atoms with E-state index in [4.69, 9.17) is 19.7 Å². The molecule has 1 aliphatic carbocycles. The lowest BCUT2D eigenvalue weighted by Gasteiger charge is -2.39. The molecule has 3 heterocycles. The molecule has 278 valence electrons. The van der Waals surface area contributed by atoms with Gasteiger partial charge in [0.05, 0.1) is 29.3 Å². The molecule has 3 aromatic heterocycles. The van der Waals surface area contributed by atoms with Crippen LogP contribution in [0.3, 0.4) is 0 Å². The number of para-hydroxylation sites is 2. The molecule has 0 saturated heterocycles. The van der Waals surface area contributed by atoms with Gasteiger partial charge in [-0.1, -0.05) is 109 Å². The van der Waals surface area contributed by atoms with Gasteiger partial charge in [0.2, 0.25) is 0 Å². The highest BCUT2D eigenvalue weighted by atomic mass is 16.6. The van der Waals surface area contributed by atoms with E-state index in [1.165, 1.54) is 22.3 Å². The highest BCUT2D eigenvalue weighted by molar-refractivity contribution is 5.87. The SMILES string of the molecule is CC(C)(C)OC(=O)n1c(CN(CCCc2nccn2C(c2ccccc2)(c2ccccc2)c2ccccc2)C2CCCc3cccnc32)nc2ccccc21. The molecule has 4 aromatic carbocycles. The second kappa shape index (κ2) is 15.5. The normalized spacial score (nSPS) is 14.6. The lowest BCUT2D eigenvalue weighted by Crippen LogP contribution is -2.39. The maximum atomic E-state index is 13.8. The Morgan fingerprint density at radius 3 is 2.05 bits per heavy atom. The van der Waals surface area contributed by atoms with Gasteiger partial charge in [-0.15, -0.1) is 0 Å². The van der Waals surface area contributed by atoms with Gasteiger partial charge in [-0.05, 0) is 93.5 Å². The van der Waals surface area contributed by atoms with Crippen LogP contribution in [-0.2, 0) is 29.7 Å². The molecule has 0 fully saturated rings. The van der Waals surface area contributed by atoms with Crippen LogP contribution in [0.4, 0.5) is 4.79 Å². The van der Waals surface area contributed by atoms with E-state index in [0.29, 0.717) is 12.4 Å². The van der Waals surface area contributed by atoms with Crippen molar-refractivity contribution in [1.29, 1.82) is 0 Å². The molecule has 1 aliphatic rings. The minimum atomic E-state index is -0.651. The molecule has 0 saturated carbocycles. The Bertz CT molecular complexity index is 2260. The Balaban J connectivity index is 1.17. The molecule has 8 nitrogen and oxygen atoms in total. The van der Waals surface area contributed by atoms with Crippen LogP contribution in [-0.4, -0.2) is 47.2 Å². The van der Waals surface area contributed by atoms with Crippen LogP contribution in [0.15, 0.2) is 146 Å². The lowest BCUT2D eigenvalue weighted by molar-refractivity contribution is 0.0530. The molecule has 0 spiro atoms. The summed E-state index contributed by atoms with van der Waals surface area (Å²) >= 11 is 0. The van der Waals surface area contributed by atoms with Crippen molar-refractivity contribution in [3.63, 3.8) is 0 Å². The van der Waals surface area contributed by atoms with Gasteiger partial charge in [0.15, 0.2) is 0 Å². The topological polar surface area (TPSA) is 78.1 Å². The summed E-state index contributed by atoms with van der Waals surface area (Å²) in [4.78, 5) is 31.3. The molecular weight excluding hydrogens is 681 g/mol. The molecule has 0 N–H and O–H groups in total. The zero-order valence-electron chi connectivity index (χ0n) is 31.9. The largest absolute Gasteiger partial charge is 0.443 e. The van der Waals surface area contributed by atoms with Crippen molar-refractivity contribution in [2.75, 3.05) is 6.54 Å². The quantitative estimate of drug-likeness (QED) is 0.124. The average molecular weight is 729 g/mol. The van der Waals surface area contributed by atoms with Crippen molar-refractivity contribution in [2.24, 2.45) is 0 Å². The monoisotopic (exact) mass is 728 g/mol. The van der Waals surface area contributed by atoms with Gasteiger partial charge < -0.3 is 9.30 Å². The Morgan fingerprint density at radius 1 is 0.764 bits per heavy atom. The Kier molecular flexibility index (Phi) is 10.2. The molecule has 8 heteroatoms. The maximum Gasteiger partial charge on any atom is 0.420 e. The highest BCUT2D eigenvalue weighted by Crippen LogP contribution is 2.42. The second-order valence-electron chi connectivity index (χ2n) is 15.4. The fourth-order valence-corrected chi connectivity index (χ4v) is 8.38. The van der Waals surface area contributed by atoms with E-state index in [-0.39, 0.29) is 6.04 Å². The predicted octanol–water partition coefficient (Wildman–Crippen LogP) is 9.76. The standard InChI is InChI=1S/C47H48N6O2/c1-46(2,3)55-45(54)53-40-27-14-13-26-39(40)50-43(53)34-51(41-28-15-18-35-19-16-30-49-44(35)41)32-17-29-42-48-31-33-52(42)47(36-20-7-4-8-21-36,37-22-9-5-10-23-37)38-24-11-6-12-25-38/h4-14,16,19-27,30-31,33,41H,15,17-18,28-29,32,34H2,1-3H3. The number of hydrogen-bond acceptors (Lipinski definition) is 6. The Labute approximate surface area is 323 Å². The summed E-state index contributed by atoms with van der Waals surface area (Å²) in [6.45, 7) is 6.90. The van der Waals surface area contributed by atoms with Gasteiger partial charge in [0.25, 0.3) is 0 Å². The number of rotatable bonds is 11. The van der Waals surface area contributed by atoms with Crippen molar-refractivity contribution in [3.05, 3.63) is 186 Å². The molecule has 7 aromatic rings. The van der Waals surface area contributed by atoms with Crippen LogP contribution in [0, 0.1) is 0 Å². The smallest absolute Gasteiger partial charge is 0.420 e. The first-order valence-electron chi connectivity index (χ1n) is 19.4. The van der Waals surface area contributed by atoms with E-state index in [1.807, 2.05) is 63.5 Å². The van der Waals surface area contributed by atoms with E-state index in [1.54, 1.807) is 4.57 Å². The lowest BCUT2D eigenvalue weighted by atomic mass is 9.76. The molecule has 8 rings (SSSR count). The van der Waals surface area contributed by atoms with Gasteiger partial charge in [-0.3, -0.25) is 9.88 Å². The first-order chi connectivity index (χ1) is 26.8. The molecule has 0 amide bonds. The molecule has 1 atom stereocenters. The number of carbonyl (C=O) groups excluding carboxylic acids is 1. The predicted molar refractivity (Wildman–Crippen MR) is 217 cm³/mol. The van der Waals surface area contributed by atoms with Gasteiger partial charge in [-0.2, -0.15) is 0 Å². The summed E-state index contributed by atoms with van der Waals surface area (Å²) in [6, 6.07) is 44.3. The zero-order valence-corrected chi connectivity index (χ0v) is 31.9. The van der Waals surface area contributed by atoms with Crippen molar-refractivity contribution in [2.45, 2.75) is 76.6 Å². The third-order valence-electron chi connectivity index (χ3n) is 10.7. The second-order valence-corrected chi connectivity index (χ2v) is 15.4. The van der Waals surface area contributed by atoms with Crippen molar-refractivity contribution < 1.29 is 9.53 Å². The molecule has 1 unspecified atom stereocenters. The molecule has 0 bridgehead atoms. The summed E-state index contributed by atoms with van der Waals surface area (Å²) in [5, 5.41) is 0. The van der Waals surface area contributed by atoms with Crippen LogP contribution in [0.2, 0.25) is 0 Å². The molecule has 0 aliphatic heterocycles. The summed E-state index contributed by atoms with van der Waals surface area (Å²) in [6.07, 6.45) is 10.2. The molecule has 55 heavy (non-hydrogen) atoms. The third kappa shape index (κ3) is 7.22. The van der Waals surface area contributed by atoms with E-state index in [0.717, 1.165) is 61.2 Å². The summed E-state index contributed by atoms with van der Waals surface area (Å²) in [5.74, 6) is 1.66. The number of nitrogens with zero attached hydrogens (tertiary/aromatic N) is 6. The van der Waals surface area contributed by atoms with Crippen molar-refractivity contribution in [1.82, 2.24) is 29.0 Å². The van der Waals surface area contributed by atoms with Crippen LogP contribution in [0.5, 0.6) is 0 Å². The number of ether oxygens (including phenoxy) is 1. The van der Waals surface area contributed by atoms with Gasteiger partial charge in [-0.25, -0.2) is 19.3 Å². The summed E-state index contributed by atoms with van der Waals surface area (Å²) in [7, 11) is 0. The number of pyridine rings is 1. The van der Waals surface area contributed by atoms with E-state index in [9.17, 15) is 4.79 Å². The van der Waals surface area contributed by atoms with Crippen LogP contribution in [0.25, 0.3) is 11.0 Å². The minimum absolute atomic E-state index is 0.0774. The Hall–Kier alpha value is -5.86. The number of fused-ring (bicyclic) bond motifs is 2. The van der Waals surface area contributed by atoms with Crippen molar-refractivity contribution in [3.8, 4) is 0 Å². The maximum absolute atomic E-state index is 13.8. The van der Waals surface area contributed by atoms with Crippen LogP contribution >= 0.6 is 0 Å². The third-order valence-corrected chi connectivity index (χ3v) is 10.7. The van der Waals surface area contributed by atoms with Crippen molar-refractivity contribution >= 4 is 17.1 Å².